The van der Waals surface area contributed by atoms with Crippen molar-refractivity contribution in [1.82, 2.24) is 20.2 Å². The van der Waals surface area contributed by atoms with Gasteiger partial charge in [-0.2, -0.15) is 10.1 Å². The lowest BCUT2D eigenvalue weighted by molar-refractivity contribution is 1.09. The number of nitrogens with zero attached hydrogens (tertiary/aromatic N) is 3. The van der Waals surface area contributed by atoms with Gasteiger partial charge in [0.05, 0.1) is 11.9 Å². The third kappa shape index (κ3) is 2.70. The number of benzene rings is 1. The summed E-state index contributed by atoms with van der Waals surface area (Å²) in [6.07, 6.45) is 4.79. The number of nitrogens with two attached hydrogens (primary N) is 2. The summed E-state index contributed by atoms with van der Waals surface area (Å²) in [7, 11) is 0. The summed E-state index contributed by atoms with van der Waals surface area (Å²) in [5.74, 6) is 0.755. The van der Waals surface area contributed by atoms with Gasteiger partial charge in [0.2, 0.25) is 5.95 Å². The van der Waals surface area contributed by atoms with Crippen molar-refractivity contribution in [1.29, 1.82) is 5.41 Å². The lowest BCUT2D eigenvalue weighted by atomic mass is 10.0. The second kappa shape index (κ2) is 5.52. The maximum absolute atomic E-state index is 8.23. The van der Waals surface area contributed by atoms with Gasteiger partial charge in [-0.05, 0) is 24.3 Å². The molecule has 7 N–H and O–H groups in total. The molecule has 0 fully saturated rings. The Labute approximate surface area is 126 Å². The van der Waals surface area contributed by atoms with Crippen LogP contribution in [-0.4, -0.2) is 25.9 Å². The lowest BCUT2D eigenvalue weighted by Gasteiger charge is -2.10. The number of H-pyrrole nitrogens is 1. The Morgan fingerprint density at radius 1 is 1.23 bits per heavy atom. The molecule has 0 aliphatic rings. The van der Waals surface area contributed by atoms with Gasteiger partial charge >= 0.3 is 0 Å². The van der Waals surface area contributed by atoms with Gasteiger partial charge in [-0.1, -0.05) is 0 Å². The van der Waals surface area contributed by atoms with Gasteiger partial charge in [0.1, 0.15) is 5.82 Å². The van der Waals surface area contributed by atoms with Crippen LogP contribution in [0.2, 0.25) is 0 Å². The fourth-order valence-electron chi connectivity index (χ4n) is 1.98. The third-order valence-corrected chi connectivity index (χ3v) is 3.06. The number of anilines is 4. The van der Waals surface area contributed by atoms with Crippen molar-refractivity contribution in [2.24, 2.45) is 0 Å². The Balaban J connectivity index is 1.91. The minimum atomic E-state index is 0.187. The van der Waals surface area contributed by atoms with Crippen LogP contribution in [0, 0.1) is 5.41 Å². The van der Waals surface area contributed by atoms with Gasteiger partial charge < -0.3 is 16.8 Å². The monoisotopic (exact) mass is 294 g/mol. The summed E-state index contributed by atoms with van der Waals surface area (Å²) in [5, 5.41) is 17.9. The highest BCUT2D eigenvalue weighted by Gasteiger charge is 2.11. The summed E-state index contributed by atoms with van der Waals surface area (Å²) >= 11 is 0. The van der Waals surface area contributed by atoms with Crippen molar-refractivity contribution in [3.8, 4) is 0 Å². The fourth-order valence-corrected chi connectivity index (χ4v) is 1.98. The summed E-state index contributed by atoms with van der Waals surface area (Å²) < 4.78 is 0. The number of hydrogen-bond donors (Lipinski definition) is 5. The second-order valence-corrected chi connectivity index (χ2v) is 4.59. The van der Waals surface area contributed by atoms with Crippen LogP contribution in [0.5, 0.6) is 0 Å². The molecule has 0 spiro atoms. The van der Waals surface area contributed by atoms with E-state index in [1.807, 2.05) is 0 Å². The highest BCUT2D eigenvalue weighted by molar-refractivity contribution is 6.14. The molecule has 2 heterocycles. The molecule has 0 atom stereocenters. The molecule has 22 heavy (non-hydrogen) atoms. The Hall–Kier alpha value is -3.42. The van der Waals surface area contributed by atoms with Gasteiger partial charge in [0.15, 0.2) is 0 Å². The van der Waals surface area contributed by atoms with Crippen LogP contribution in [-0.2, 0) is 0 Å². The Bertz CT molecular complexity index is 809. The van der Waals surface area contributed by atoms with E-state index in [9.17, 15) is 0 Å². The van der Waals surface area contributed by atoms with Gasteiger partial charge in [-0.25, -0.2) is 4.98 Å². The first-order valence-corrected chi connectivity index (χ1v) is 6.46. The first kappa shape index (κ1) is 13.6. The summed E-state index contributed by atoms with van der Waals surface area (Å²) in [6.45, 7) is 0. The number of hydrogen-bond acceptors (Lipinski definition) is 7. The van der Waals surface area contributed by atoms with Crippen LogP contribution >= 0.6 is 0 Å². The number of aromatic nitrogens is 4. The van der Waals surface area contributed by atoms with Crippen LogP contribution < -0.4 is 16.8 Å². The molecule has 3 aromatic rings. The normalized spacial score (nSPS) is 10.4. The van der Waals surface area contributed by atoms with E-state index in [1.165, 1.54) is 0 Å². The molecule has 0 amide bonds. The van der Waals surface area contributed by atoms with Crippen LogP contribution in [0.3, 0.4) is 0 Å². The van der Waals surface area contributed by atoms with E-state index in [-0.39, 0.29) is 11.7 Å². The maximum Gasteiger partial charge on any atom is 0.221 e. The molecule has 8 heteroatoms. The van der Waals surface area contributed by atoms with Gasteiger partial charge in [0.25, 0.3) is 0 Å². The highest BCUT2D eigenvalue weighted by atomic mass is 15.1. The van der Waals surface area contributed by atoms with E-state index in [0.29, 0.717) is 22.6 Å². The highest BCUT2D eigenvalue weighted by Crippen LogP contribution is 2.23. The zero-order valence-corrected chi connectivity index (χ0v) is 11.5. The molecule has 3 rings (SSSR count). The zero-order valence-electron chi connectivity index (χ0n) is 11.5. The molecule has 0 aliphatic carbocycles. The van der Waals surface area contributed by atoms with E-state index in [4.69, 9.17) is 16.9 Å². The quantitative estimate of drug-likeness (QED) is 0.365. The van der Waals surface area contributed by atoms with Crippen molar-refractivity contribution in [2.75, 3.05) is 16.8 Å². The van der Waals surface area contributed by atoms with E-state index in [1.54, 1.807) is 42.9 Å². The van der Waals surface area contributed by atoms with Crippen LogP contribution in [0.15, 0.2) is 42.9 Å². The van der Waals surface area contributed by atoms with Crippen molar-refractivity contribution < 1.29 is 0 Å². The average molecular weight is 294 g/mol. The smallest absolute Gasteiger partial charge is 0.221 e. The third-order valence-electron chi connectivity index (χ3n) is 3.06. The predicted octanol–water partition coefficient (Wildman–Crippen LogP) is 1.52. The molecule has 110 valence electrons. The summed E-state index contributed by atoms with van der Waals surface area (Å²) in [5.41, 5.74) is 14.3. The second-order valence-electron chi connectivity index (χ2n) is 4.59. The molecule has 0 saturated carbocycles. The summed E-state index contributed by atoms with van der Waals surface area (Å²) in [6, 6.07) is 7.02. The van der Waals surface area contributed by atoms with E-state index in [2.05, 4.69) is 25.5 Å². The minimum absolute atomic E-state index is 0.187. The maximum atomic E-state index is 8.23. The van der Waals surface area contributed by atoms with Crippen LogP contribution in [0.1, 0.15) is 11.1 Å². The lowest BCUT2D eigenvalue weighted by Crippen LogP contribution is -2.06. The van der Waals surface area contributed by atoms with E-state index in [0.717, 1.165) is 5.69 Å². The van der Waals surface area contributed by atoms with Crippen LogP contribution in [0.4, 0.5) is 23.1 Å². The van der Waals surface area contributed by atoms with Gasteiger partial charge in [-0.15, -0.1) is 0 Å². The molecule has 0 saturated heterocycles. The number of rotatable bonds is 4. The molecule has 0 unspecified atom stereocenters. The number of aromatic amines is 1. The molecule has 1 aromatic carbocycles. The Kier molecular flexibility index (Phi) is 3.40. The molecular formula is C14H14N8. The molecule has 2 aromatic heterocycles. The Morgan fingerprint density at radius 3 is 2.82 bits per heavy atom. The first-order valence-electron chi connectivity index (χ1n) is 6.46. The molecule has 0 bridgehead atoms. The SMILES string of the molecule is N=C(c1cn[nH]c1)c1cc(Nc2ccnc(N)n2)ccc1N. The average Bonchev–Trinajstić information content (AvgIpc) is 3.03. The molecule has 0 radical (unpaired) electrons. The topological polar surface area (TPSA) is 142 Å². The standard InChI is InChI=1S/C14H14N8/c15-11-2-1-9(21-12-3-4-18-14(17)22-12)5-10(11)13(16)8-6-19-20-7-8/h1-7,16H,15H2,(H,19,20)(H3,17,18,21,22). The van der Waals surface area contributed by atoms with Crippen LogP contribution in [0.25, 0.3) is 0 Å². The summed E-state index contributed by atoms with van der Waals surface area (Å²) in [4.78, 5) is 7.91. The minimum Gasteiger partial charge on any atom is -0.398 e. The predicted molar refractivity (Wildman–Crippen MR) is 85.1 cm³/mol. The van der Waals surface area contributed by atoms with E-state index >= 15 is 0 Å². The van der Waals surface area contributed by atoms with E-state index < -0.39 is 0 Å². The van der Waals surface area contributed by atoms with Gasteiger partial charge in [0, 0.05) is 34.9 Å². The zero-order chi connectivity index (χ0) is 15.5. The van der Waals surface area contributed by atoms with Crippen molar-refractivity contribution in [3.05, 3.63) is 54.0 Å². The molecule has 0 aliphatic heterocycles. The van der Waals surface area contributed by atoms with Crippen molar-refractivity contribution in [3.63, 3.8) is 0 Å². The fraction of sp³-hybridized carbons (Fsp3) is 0. The van der Waals surface area contributed by atoms with Crippen molar-refractivity contribution in [2.45, 2.75) is 0 Å². The molecule has 8 nitrogen and oxygen atoms in total. The van der Waals surface area contributed by atoms with Crippen molar-refractivity contribution >= 4 is 28.9 Å². The Morgan fingerprint density at radius 2 is 2.09 bits per heavy atom. The first-order chi connectivity index (χ1) is 10.6. The van der Waals surface area contributed by atoms with Gasteiger partial charge in [-0.3, -0.25) is 10.5 Å². The largest absolute Gasteiger partial charge is 0.398 e. The molecular weight excluding hydrogens is 280 g/mol. The number of nitrogens with one attached hydrogen (secondary N) is 3. The number of nitrogen functional groups attached to an aromatic ring is 2.